The number of aromatic nitrogens is 2. The molecule has 1 unspecified atom stereocenters. The van der Waals surface area contributed by atoms with Crippen LogP contribution in [0.2, 0.25) is 5.02 Å². The Balaban J connectivity index is 1.46. The van der Waals surface area contributed by atoms with E-state index in [0.717, 1.165) is 24.3 Å². The Morgan fingerprint density at radius 3 is 2.52 bits per heavy atom. The first-order valence-electron chi connectivity index (χ1n) is 9.67. The van der Waals surface area contributed by atoms with Gasteiger partial charge in [0.25, 0.3) is 5.91 Å². The molecule has 1 aliphatic rings. The van der Waals surface area contributed by atoms with Crippen LogP contribution in [0, 0.1) is 0 Å². The van der Waals surface area contributed by atoms with Crippen molar-refractivity contribution < 1.29 is 9.53 Å². The van der Waals surface area contributed by atoms with Crippen LogP contribution in [0.5, 0.6) is 0 Å². The zero-order valence-corrected chi connectivity index (χ0v) is 16.8. The summed E-state index contributed by atoms with van der Waals surface area (Å²) < 4.78 is 7.18. The quantitative estimate of drug-likeness (QED) is 0.677. The summed E-state index contributed by atoms with van der Waals surface area (Å²) in [5.74, 6) is -0.188. The molecule has 0 radical (unpaired) electrons. The molecule has 2 heterocycles. The maximum absolute atomic E-state index is 12.7. The monoisotopic (exact) mass is 410 g/mol. The number of amides is 1. The zero-order chi connectivity index (χ0) is 20.1. The number of rotatable bonds is 6. The third-order valence-electron chi connectivity index (χ3n) is 5.04. The van der Waals surface area contributed by atoms with Gasteiger partial charge in [-0.15, -0.1) is 0 Å². The Hall–Kier alpha value is -2.67. The SMILES string of the molecule is O=C(NCC(c1ccc(Cl)cc1)N1CCOCC1)c1ccn(-c2ccccc2)n1. The predicted octanol–water partition coefficient (Wildman–Crippen LogP) is 3.33. The minimum absolute atomic E-state index is 0.0522. The van der Waals surface area contributed by atoms with Crippen LogP contribution in [-0.2, 0) is 4.74 Å². The lowest BCUT2D eigenvalue weighted by atomic mass is 10.0. The predicted molar refractivity (Wildman–Crippen MR) is 112 cm³/mol. The van der Waals surface area contributed by atoms with Crippen LogP contribution >= 0.6 is 11.6 Å². The van der Waals surface area contributed by atoms with Crippen molar-refractivity contribution in [1.29, 1.82) is 0 Å². The number of para-hydroxylation sites is 1. The Kier molecular flexibility index (Phi) is 6.24. The van der Waals surface area contributed by atoms with Gasteiger partial charge in [0.2, 0.25) is 0 Å². The van der Waals surface area contributed by atoms with Crippen molar-refractivity contribution in [2.24, 2.45) is 0 Å². The number of carbonyl (C=O) groups is 1. The molecule has 2 aromatic carbocycles. The van der Waals surface area contributed by atoms with Gasteiger partial charge in [0.15, 0.2) is 5.69 Å². The fraction of sp³-hybridized carbons (Fsp3) is 0.273. The van der Waals surface area contributed by atoms with Crippen LogP contribution in [0.15, 0.2) is 66.9 Å². The molecule has 4 rings (SSSR count). The van der Waals surface area contributed by atoms with Crippen molar-refractivity contribution in [3.63, 3.8) is 0 Å². The highest BCUT2D eigenvalue weighted by atomic mass is 35.5. The molecule has 1 fully saturated rings. The minimum Gasteiger partial charge on any atom is -0.379 e. The Morgan fingerprint density at radius 1 is 1.07 bits per heavy atom. The molecule has 29 heavy (non-hydrogen) atoms. The van der Waals surface area contributed by atoms with Crippen LogP contribution in [-0.4, -0.2) is 53.4 Å². The van der Waals surface area contributed by atoms with E-state index < -0.39 is 0 Å². The summed E-state index contributed by atoms with van der Waals surface area (Å²) >= 11 is 6.05. The Morgan fingerprint density at radius 2 is 1.79 bits per heavy atom. The van der Waals surface area contributed by atoms with Crippen molar-refractivity contribution in [3.8, 4) is 5.69 Å². The standard InChI is InChI=1S/C22H23ClN4O2/c23-18-8-6-17(7-9-18)21(26-12-14-29-15-13-26)16-24-22(28)20-10-11-27(25-20)19-4-2-1-3-5-19/h1-11,21H,12-16H2,(H,24,28). The highest BCUT2D eigenvalue weighted by Gasteiger charge is 2.23. The number of ether oxygens (including phenoxy) is 1. The van der Waals surface area contributed by atoms with E-state index in [0.29, 0.717) is 30.5 Å². The second-order valence-electron chi connectivity index (χ2n) is 6.91. The second-order valence-corrected chi connectivity index (χ2v) is 7.34. The van der Waals surface area contributed by atoms with Crippen LogP contribution in [0.4, 0.5) is 0 Å². The van der Waals surface area contributed by atoms with Gasteiger partial charge in [-0.2, -0.15) is 5.10 Å². The van der Waals surface area contributed by atoms with Gasteiger partial charge in [-0.3, -0.25) is 9.69 Å². The number of hydrogen-bond acceptors (Lipinski definition) is 4. The first kappa shape index (κ1) is 19.6. The molecule has 0 spiro atoms. The first-order chi connectivity index (χ1) is 14.2. The van der Waals surface area contributed by atoms with Gasteiger partial charge in [0, 0.05) is 30.9 Å². The Bertz CT molecular complexity index is 937. The number of nitrogens with one attached hydrogen (secondary N) is 1. The molecule has 1 aromatic heterocycles. The minimum atomic E-state index is -0.188. The van der Waals surface area contributed by atoms with Crippen molar-refractivity contribution in [3.05, 3.63) is 83.1 Å². The summed E-state index contributed by atoms with van der Waals surface area (Å²) in [6.07, 6.45) is 1.79. The van der Waals surface area contributed by atoms with Crippen LogP contribution in [0.1, 0.15) is 22.1 Å². The van der Waals surface area contributed by atoms with Gasteiger partial charge < -0.3 is 10.1 Å². The molecule has 3 aromatic rings. The average Bonchev–Trinajstić information content (AvgIpc) is 3.27. The van der Waals surface area contributed by atoms with Crippen LogP contribution in [0.3, 0.4) is 0 Å². The van der Waals surface area contributed by atoms with Gasteiger partial charge in [0.05, 0.1) is 24.9 Å². The fourth-order valence-electron chi connectivity index (χ4n) is 3.48. The van der Waals surface area contributed by atoms with Crippen molar-refractivity contribution >= 4 is 17.5 Å². The molecule has 1 saturated heterocycles. The molecule has 1 N–H and O–H groups in total. The molecule has 1 aliphatic heterocycles. The van der Waals surface area contributed by atoms with E-state index in [4.69, 9.17) is 16.3 Å². The molecule has 1 atom stereocenters. The summed E-state index contributed by atoms with van der Waals surface area (Å²) in [5, 5.41) is 8.15. The lowest BCUT2D eigenvalue weighted by Crippen LogP contribution is -2.43. The van der Waals surface area contributed by atoms with Gasteiger partial charge in [-0.25, -0.2) is 4.68 Å². The molecule has 1 amide bonds. The molecule has 150 valence electrons. The Labute approximate surface area is 175 Å². The van der Waals surface area contributed by atoms with E-state index in [1.54, 1.807) is 16.9 Å². The molecule has 0 saturated carbocycles. The van der Waals surface area contributed by atoms with Crippen LogP contribution in [0.25, 0.3) is 5.69 Å². The van der Waals surface area contributed by atoms with Gasteiger partial charge in [-0.05, 0) is 35.9 Å². The maximum atomic E-state index is 12.7. The number of morpholine rings is 1. The molecule has 0 bridgehead atoms. The van der Waals surface area contributed by atoms with Crippen molar-refractivity contribution in [1.82, 2.24) is 20.0 Å². The third kappa shape index (κ3) is 4.85. The number of benzene rings is 2. The smallest absolute Gasteiger partial charge is 0.271 e. The molecule has 0 aliphatic carbocycles. The van der Waals surface area contributed by atoms with Crippen LogP contribution < -0.4 is 5.32 Å². The zero-order valence-electron chi connectivity index (χ0n) is 16.0. The molecular weight excluding hydrogens is 388 g/mol. The third-order valence-corrected chi connectivity index (χ3v) is 5.29. The topological polar surface area (TPSA) is 59.4 Å². The molecular formula is C22H23ClN4O2. The average molecular weight is 411 g/mol. The van der Waals surface area contributed by atoms with Gasteiger partial charge in [0.1, 0.15) is 0 Å². The van der Waals surface area contributed by atoms with Crippen molar-refractivity contribution in [2.45, 2.75) is 6.04 Å². The van der Waals surface area contributed by atoms with E-state index in [1.807, 2.05) is 54.6 Å². The largest absolute Gasteiger partial charge is 0.379 e. The van der Waals surface area contributed by atoms with E-state index in [-0.39, 0.29) is 11.9 Å². The lowest BCUT2D eigenvalue weighted by molar-refractivity contribution is 0.0162. The van der Waals surface area contributed by atoms with E-state index >= 15 is 0 Å². The molecule has 6 nitrogen and oxygen atoms in total. The highest BCUT2D eigenvalue weighted by Crippen LogP contribution is 2.23. The van der Waals surface area contributed by atoms with E-state index in [1.165, 1.54) is 0 Å². The summed E-state index contributed by atoms with van der Waals surface area (Å²) in [5.41, 5.74) is 2.43. The normalized spacial score (nSPS) is 15.8. The summed E-state index contributed by atoms with van der Waals surface area (Å²) in [7, 11) is 0. The van der Waals surface area contributed by atoms with Crippen molar-refractivity contribution in [2.75, 3.05) is 32.8 Å². The molecule has 7 heteroatoms. The number of nitrogens with zero attached hydrogens (tertiary/aromatic N) is 3. The van der Waals surface area contributed by atoms with Gasteiger partial charge in [-0.1, -0.05) is 41.9 Å². The number of carbonyl (C=O) groups excluding carboxylic acids is 1. The summed E-state index contributed by atoms with van der Waals surface area (Å²) in [6, 6.07) is 19.3. The first-order valence-corrected chi connectivity index (χ1v) is 10.0. The maximum Gasteiger partial charge on any atom is 0.271 e. The lowest BCUT2D eigenvalue weighted by Gasteiger charge is -2.34. The summed E-state index contributed by atoms with van der Waals surface area (Å²) in [4.78, 5) is 15.0. The fourth-order valence-corrected chi connectivity index (χ4v) is 3.61. The number of halogens is 1. The second kappa shape index (κ2) is 9.22. The van der Waals surface area contributed by atoms with E-state index in [9.17, 15) is 4.79 Å². The number of hydrogen-bond donors (Lipinski definition) is 1. The summed E-state index contributed by atoms with van der Waals surface area (Å²) in [6.45, 7) is 3.52. The van der Waals surface area contributed by atoms with E-state index in [2.05, 4.69) is 15.3 Å². The highest BCUT2D eigenvalue weighted by molar-refractivity contribution is 6.30. The van der Waals surface area contributed by atoms with Gasteiger partial charge >= 0.3 is 0 Å².